The highest BCUT2D eigenvalue weighted by Gasteiger charge is 2.32. The van der Waals surface area contributed by atoms with Crippen LogP contribution in [0.15, 0.2) is 94.7 Å². The minimum absolute atomic E-state index is 0.00915. The number of carboxylic acids is 1. The van der Waals surface area contributed by atoms with Crippen LogP contribution in [0.3, 0.4) is 0 Å². The first kappa shape index (κ1) is 34.8. The first-order valence-corrected chi connectivity index (χ1v) is 17.2. The van der Waals surface area contributed by atoms with E-state index in [4.69, 9.17) is 13.9 Å². The molecule has 2 aromatic heterocycles. The monoisotopic (exact) mass is 715 g/mol. The van der Waals surface area contributed by atoms with Crippen molar-refractivity contribution in [1.82, 2.24) is 9.47 Å². The molecule has 270 valence electrons. The number of aromatic carboxylic acids is 1. The Labute approximate surface area is 304 Å². The molecule has 13 nitrogen and oxygen atoms in total. The Bertz CT molecular complexity index is 2220. The molecule has 0 bridgehead atoms. The van der Waals surface area contributed by atoms with Crippen molar-refractivity contribution in [2.45, 2.75) is 31.7 Å². The minimum Gasteiger partial charge on any atom is -0.493 e. The summed E-state index contributed by atoms with van der Waals surface area (Å²) in [5, 5.41) is 15.0. The molecule has 0 spiro atoms. The maximum Gasteiger partial charge on any atom is 0.352 e. The van der Waals surface area contributed by atoms with Gasteiger partial charge >= 0.3 is 5.97 Å². The molecule has 7 rings (SSSR count). The molecule has 4 heterocycles. The van der Waals surface area contributed by atoms with E-state index in [0.717, 1.165) is 29.5 Å². The van der Waals surface area contributed by atoms with Gasteiger partial charge in [0.25, 0.3) is 11.8 Å². The smallest absolute Gasteiger partial charge is 0.352 e. The number of carbonyl (C=O) groups is 4. The lowest BCUT2D eigenvalue weighted by molar-refractivity contribution is -0.116. The number of furan rings is 1. The molecular formula is C40H37N5O8. The summed E-state index contributed by atoms with van der Waals surface area (Å²) >= 11 is 0. The zero-order valence-electron chi connectivity index (χ0n) is 29.1. The topological polar surface area (TPSA) is 165 Å². The zero-order chi connectivity index (χ0) is 37.1. The van der Waals surface area contributed by atoms with E-state index in [9.17, 15) is 24.3 Å². The summed E-state index contributed by atoms with van der Waals surface area (Å²) in [5.41, 5.74) is 5.45. The largest absolute Gasteiger partial charge is 0.493 e. The number of hydrogen-bond donors (Lipinski definition) is 3. The van der Waals surface area contributed by atoms with Crippen molar-refractivity contribution in [3.05, 3.63) is 102 Å². The molecule has 1 saturated heterocycles. The highest BCUT2D eigenvalue weighted by Crippen LogP contribution is 2.38. The number of methoxy groups -OCH3 is 1. The molecule has 0 radical (unpaired) electrons. The van der Waals surface area contributed by atoms with Crippen LogP contribution >= 0.6 is 0 Å². The Morgan fingerprint density at radius 3 is 2.34 bits per heavy atom. The van der Waals surface area contributed by atoms with E-state index in [-0.39, 0.29) is 42.3 Å². The lowest BCUT2D eigenvalue weighted by Gasteiger charge is -2.20. The van der Waals surface area contributed by atoms with Gasteiger partial charge in [-0.05, 0) is 72.9 Å². The molecule has 1 atom stereocenters. The number of benzene rings is 3. The van der Waals surface area contributed by atoms with Gasteiger partial charge in [-0.15, -0.1) is 0 Å². The summed E-state index contributed by atoms with van der Waals surface area (Å²) in [7, 11) is 3.20. The van der Waals surface area contributed by atoms with Crippen LogP contribution in [-0.4, -0.2) is 70.8 Å². The Morgan fingerprint density at radius 2 is 1.64 bits per heavy atom. The van der Waals surface area contributed by atoms with E-state index < -0.39 is 11.9 Å². The molecule has 0 aliphatic carbocycles. The van der Waals surface area contributed by atoms with Gasteiger partial charge < -0.3 is 39.1 Å². The minimum atomic E-state index is -1.01. The third-order valence-corrected chi connectivity index (χ3v) is 9.29. The standard InChI is InChI=1S/C40H37N5O8/c1-44-22-26(17-33(44)40(49)50)24-7-13-29(14-8-24)43-38(47)36-18-27(23-53-36)25-9-11-28(12-10-25)42-37(46)6-4-16-52-35-20-32-31(19-34(35)51-2)39(48)45-15-3-5-30(45)21-41-32/h7-14,17-23,30H,3-6,15-16H2,1-2H3,(H,42,46)(H,43,47)(H,49,50). The van der Waals surface area contributed by atoms with Crippen LogP contribution in [0.5, 0.6) is 11.5 Å². The van der Waals surface area contributed by atoms with Gasteiger partial charge in [0, 0.05) is 61.0 Å². The average molecular weight is 716 g/mol. The molecule has 3 N–H and O–H groups in total. The fourth-order valence-corrected chi connectivity index (χ4v) is 6.49. The molecular weight excluding hydrogens is 678 g/mol. The predicted molar refractivity (Wildman–Crippen MR) is 198 cm³/mol. The second kappa shape index (κ2) is 14.9. The summed E-state index contributed by atoms with van der Waals surface area (Å²) in [4.78, 5) is 56.4. The maximum absolute atomic E-state index is 13.1. The first-order valence-electron chi connectivity index (χ1n) is 17.2. The van der Waals surface area contributed by atoms with Gasteiger partial charge in [-0.1, -0.05) is 24.3 Å². The van der Waals surface area contributed by atoms with E-state index in [1.165, 1.54) is 13.4 Å². The van der Waals surface area contributed by atoms with Crippen molar-refractivity contribution >= 4 is 47.0 Å². The summed E-state index contributed by atoms with van der Waals surface area (Å²) in [6.07, 6.45) is 7.59. The van der Waals surface area contributed by atoms with Crippen LogP contribution in [0, 0.1) is 0 Å². The molecule has 5 aromatic rings. The summed E-state index contributed by atoms with van der Waals surface area (Å²) in [5.74, 6) is -0.627. The van der Waals surface area contributed by atoms with E-state index in [2.05, 4.69) is 15.6 Å². The van der Waals surface area contributed by atoms with Crippen LogP contribution in [-0.2, 0) is 11.8 Å². The number of carboxylic acid groups (broad SMARTS) is 1. The van der Waals surface area contributed by atoms with Crippen LogP contribution in [0.2, 0.25) is 0 Å². The van der Waals surface area contributed by atoms with Gasteiger partial charge in [-0.2, -0.15) is 0 Å². The zero-order valence-corrected chi connectivity index (χ0v) is 29.1. The molecule has 53 heavy (non-hydrogen) atoms. The van der Waals surface area contributed by atoms with Gasteiger partial charge in [0.2, 0.25) is 5.91 Å². The molecule has 3 aromatic carbocycles. The third-order valence-electron chi connectivity index (χ3n) is 9.29. The Kier molecular flexibility index (Phi) is 9.80. The summed E-state index contributed by atoms with van der Waals surface area (Å²) < 4.78 is 18.6. The normalized spacial score (nSPS) is 14.6. The third kappa shape index (κ3) is 7.54. The fourth-order valence-electron chi connectivity index (χ4n) is 6.49. The highest BCUT2D eigenvalue weighted by atomic mass is 16.5. The Morgan fingerprint density at radius 1 is 0.925 bits per heavy atom. The van der Waals surface area contributed by atoms with Crippen molar-refractivity contribution in [3.8, 4) is 33.8 Å². The molecule has 1 fully saturated rings. The number of rotatable bonds is 12. The van der Waals surface area contributed by atoms with Crippen LogP contribution in [0.1, 0.15) is 57.1 Å². The number of fused-ring (bicyclic) bond motifs is 2. The number of amides is 3. The molecule has 13 heteroatoms. The van der Waals surface area contributed by atoms with Crippen molar-refractivity contribution in [3.63, 3.8) is 0 Å². The number of carbonyl (C=O) groups excluding carboxylic acids is 3. The van der Waals surface area contributed by atoms with E-state index in [1.54, 1.807) is 78.5 Å². The number of nitrogens with one attached hydrogen (secondary N) is 2. The van der Waals surface area contributed by atoms with Gasteiger partial charge in [0.05, 0.1) is 37.3 Å². The van der Waals surface area contributed by atoms with Gasteiger partial charge in [-0.3, -0.25) is 19.4 Å². The summed E-state index contributed by atoms with van der Waals surface area (Å²) in [6.45, 7) is 0.974. The Hall–Kier alpha value is -6.63. The SMILES string of the molecule is COc1cc2c(cc1OCCCC(=O)Nc1ccc(-c3coc(C(=O)Nc4ccc(-c5cc(C(=O)O)n(C)c5)cc4)c3)cc1)N=CC1CCCN1C2=O. The molecule has 3 amide bonds. The van der Waals surface area contributed by atoms with Gasteiger partial charge in [0.1, 0.15) is 5.69 Å². The molecule has 0 saturated carbocycles. The van der Waals surface area contributed by atoms with Crippen LogP contribution in [0.4, 0.5) is 17.1 Å². The molecule has 1 unspecified atom stereocenters. The second-order valence-electron chi connectivity index (χ2n) is 12.8. The van der Waals surface area contributed by atoms with Crippen molar-refractivity contribution in [2.75, 3.05) is 30.9 Å². The Balaban J connectivity index is 0.886. The number of ether oxygens (including phenoxy) is 2. The number of aromatic nitrogens is 1. The average Bonchev–Trinajstić information content (AvgIpc) is 3.92. The van der Waals surface area contributed by atoms with Crippen molar-refractivity contribution in [1.29, 1.82) is 0 Å². The van der Waals surface area contributed by atoms with Gasteiger partial charge in [-0.25, -0.2) is 4.79 Å². The number of hydrogen-bond acceptors (Lipinski definition) is 8. The molecule has 2 aliphatic rings. The van der Waals surface area contributed by atoms with E-state index in [1.807, 2.05) is 23.2 Å². The molecule has 2 aliphatic heterocycles. The number of aliphatic imine (C=N–C) groups is 1. The maximum atomic E-state index is 13.1. The lowest BCUT2D eigenvalue weighted by Crippen LogP contribution is -2.35. The second-order valence-corrected chi connectivity index (χ2v) is 12.8. The van der Waals surface area contributed by atoms with E-state index in [0.29, 0.717) is 52.7 Å². The van der Waals surface area contributed by atoms with Crippen molar-refractivity contribution < 1.29 is 38.2 Å². The van der Waals surface area contributed by atoms with Crippen molar-refractivity contribution in [2.24, 2.45) is 12.0 Å². The first-order chi connectivity index (χ1) is 25.7. The fraction of sp³-hybridized carbons (Fsp3) is 0.225. The number of anilines is 2. The van der Waals surface area contributed by atoms with Crippen LogP contribution < -0.4 is 20.1 Å². The number of aryl methyl sites for hydroxylation is 1. The number of nitrogens with zero attached hydrogens (tertiary/aromatic N) is 3. The van der Waals surface area contributed by atoms with Crippen LogP contribution in [0.25, 0.3) is 22.3 Å². The quantitative estimate of drug-likeness (QED) is 0.116. The summed E-state index contributed by atoms with van der Waals surface area (Å²) in [6, 6.07) is 20.9. The lowest BCUT2D eigenvalue weighted by atomic mass is 10.1. The van der Waals surface area contributed by atoms with Gasteiger partial charge in [0.15, 0.2) is 17.3 Å². The highest BCUT2D eigenvalue weighted by molar-refractivity contribution is 6.04. The predicted octanol–water partition coefficient (Wildman–Crippen LogP) is 7.03. The van der Waals surface area contributed by atoms with E-state index >= 15 is 0 Å².